The van der Waals surface area contributed by atoms with E-state index in [1.807, 2.05) is 31.2 Å². The maximum atomic E-state index is 12.0. The molecular formula is C17H21N3O2. The van der Waals surface area contributed by atoms with Gasteiger partial charge in [0.15, 0.2) is 0 Å². The molecule has 116 valence electrons. The molecule has 1 aromatic carbocycles. The number of aryl methyl sites for hydroxylation is 1. The van der Waals surface area contributed by atoms with Gasteiger partial charge in [-0.25, -0.2) is 4.68 Å². The number of hydrogen-bond acceptors (Lipinski definition) is 3. The van der Waals surface area contributed by atoms with E-state index in [1.165, 1.54) is 16.8 Å². The lowest BCUT2D eigenvalue weighted by atomic mass is 10.1. The highest BCUT2D eigenvalue weighted by Gasteiger charge is 2.09. The average molecular weight is 299 g/mol. The van der Waals surface area contributed by atoms with Crippen molar-refractivity contribution in [3.8, 4) is 0 Å². The fourth-order valence-electron chi connectivity index (χ4n) is 2.02. The number of benzene rings is 1. The van der Waals surface area contributed by atoms with Crippen LogP contribution in [0.4, 0.5) is 0 Å². The van der Waals surface area contributed by atoms with Crippen LogP contribution in [0.2, 0.25) is 0 Å². The van der Waals surface area contributed by atoms with E-state index in [-0.39, 0.29) is 17.2 Å². The molecule has 0 aliphatic heterocycles. The third kappa shape index (κ3) is 4.28. The van der Waals surface area contributed by atoms with Crippen molar-refractivity contribution in [3.05, 3.63) is 63.6 Å². The van der Waals surface area contributed by atoms with E-state index < -0.39 is 0 Å². The molecule has 0 spiro atoms. The molecule has 0 fully saturated rings. The molecule has 0 aliphatic carbocycles. The van der Waals surface area contributed by atoms with Gasteiger partial charge in [-0.05, 0) is 25.0 Å². The molecule has 0 atom stereocenters. The second kappa shape index (κ2) is 7.54. The van der Waals surface area contributed by atoms with E-state index in [4.69, 9.17) is 0 Å². The topological polar surface area (TPSA) is 64.0 Å². The van der Waals surface area contributed by atoms with Gasteiger partial charge < -0.3 is 5.32 Å². The summed E-state index contributed by atoms with van der Waals surface area (Å²) in [5.41, 5.74) is 2.19. The van der Waals surface area contributed by atoms with E-state index >= 15 is 0 Å². The summed E-state index contributed by atoms with van der Waals surface area (Å²) in [5, 5.41) is 6.96. The van der Waals surface area contributed by atoms with Crippen molar-refractivity contribution in [2.75, 3.05) is 6.54 Å². The van der Waals surface area contributed by atoms with Gasteiger partial charge in [-0.1, -0.05) is 43.2 Å². The highest BCUT2D eigenvalue weighted by atomic mass is 16.2. The fraction of sp³-hybridized carbons (Fsp3) is 0.353. The molecule has 2 rings (SSSR count). The van der Waals surface area contributed by atoms with Crippen molar-refractivity contribution >= 4 is 5.91 Å². The number of hydrogen-bond donors (Lipinski definition) is 1. The molecule has 1 amide bonds. The van der Waals surface area contributed by atoms with Crippen molar-refractivity contribution in [2.24, 2.45) is 0 Å². The zero-order valence-electron chi connectivity index (χ0n) is 13.0. The summed E-state index contributed by atoms with van der Waals surface area (Å²) >= 11 is 0. The lowest BCUT2D eigenvalue weighted by molar-refractivity contribution is 0.0945. The third-order valence-corrected chi connectivity index (χ3v) is 3.37. The minimum Gasteiger partial charge on any atom is -0.351 e. The molecule has 0 radical (unpaired) electrons. The maximum absolute atomic E-state index is 12.0. The molecule has 2 aromatic rings. The number of carbonyl (C=O) groups is 1. The maximum Gasteiger partial charge on any atom is 0.271 e. The van der Waals surface area contributed by atoms with Crippen molar-refractivity contribution < 1.29 is 4.79 Å². The molecule has 1 N–H and O–H groups in total. The van der Waals surface area contributed by atoms with Crippen LogP contribution in [0, 0.1) is 6.92 Å². The van der Waals surface area contributed by atoms with Crippen LogP contribution in [-0.2, 0) is 6.54 Å². The SMILES string of the molecule is CCCCNC(=O)c1ccc(=O)n(Cc2ccc(C)cc2)n1. The lowest BCUT2D eigenvalue weighted by Crippen LogP contribution is -2.30. The second-order valence-electron chi connectivity index (χ2n) is 5.31. The van der Waals surface area contributed by atoms with Crippen LogP contribution in [0.15, 0.2) is 41.2 Å². The Labute approximate surface area is 130 Å². The van der Waals surface area contributed by atoms with Crippen LogP contribution in [-0.4, -0.2) is 22.2 Å². The van der Waals surface area contributed by atoms with Crippen molar-refractivity contribution in [3.63, 3.8) is 0 Å². The molecule has 0 saturated heterocycles. The van der Waals surface area contributed by atoms with Gasteiger partial charge in [0.2, 0.25) is 0 Å². The molecule has 5 heteroatoms. The van der Waals surface area contributed by atoms with Gasteiger partial charge >= 0.3 is 0 Å². The Morgan fingerprint density at radius 2 is 1.91 bits per heavy atom. The first-order valence-corrected chi connectivity index (χ1v) is 7.52. The van der Waals surface area contributed by atoms with Crippen LogP contribution >= 0.6 is 0 Å². The molecule has 0 bridgehead atoms. The Balaban J connectivity index is 2.14. The van der Waals surface area contributed by atoms with E-state index in [0.717, 1.165) is 24.0 Å². The van der Waals surface area contributed by atoms with Crippen molar-refractivity contribution in [2.45, 2.75) is 33.2 Å². The van der Waals surface area contributed by atoms with Gasteiger partial charge in [0.25, 0.3) is 11.5 Å². The number of aromatic nitrogens is 2. The van der Waals surface area contributed by atoms with Gasteiger partial charge in [-0.2, -0.15) is 5.10 Å². The third-order valence-electron chi connectivity index (χ3n) is 3.37. The summed E-state index contributed by atoms with van der Waals surface area (Å²) in [6, 6.07) is 10.7. The Kier molecular flexibility index (Phi) is 5.47. The second-order valence-corrected chi connectivity index (χ2v) is 5.31. The Hall–Kier alpha value is -2.43. The summed E-state index contributed by atoms with van der Waals surface area (Å²) in [5.74, 6) is -0.244. The van der Waals surface area contributed by atoms with Gasteiger partial charge in [0, 0.05) is 12.6 Å². The molecule has 0 aliphatic rings. The van der Waals surface area contributed by atoms with Crippen LogP contribution in [0.3, 0.4) is 0 Å². The summed E-state index contributed by atoms with van der Waals surface area (Å²) in [4.78, 5) is 23.9. The monoisotopic (exact) mass is 299 g/mol. The molecule has 0 saturated carbocycles. The largest absolute Gasteiger partial charge is 0.351 e. The minimum absolute atomic E-state index is 0.217. The van der Waals surface area contributed by atoms with Gasteiger partial charge in [0.05, 0.1) is 6.54 Å². The zero-order chi connectivity index (χ0) is 15.9. The van der Waals surface area contributed by atoms with Crippen LogP contribution < -0.4 is 10.9 Å². The van der Waals surface area contributed by atoms with Gasteiger partial charge in [-0.15, -0.1) is 0 Å². The standard InChI is InChI=1S/C17H21N3O2/c1-3-4-11-18-17(22)15-9-10-16(21)20(19-15)12-14-7-5-13(2)6-8-14/h5-10H,3-4,11-12H2,1-2H3,(H,18,22). The van der Waals surface area contributed by atoms with Crippen molar-refractivity contribution in [1.29, 1.82) is 0 Å². The van der Waals surface area contributed by atoms with Crippen molar-refractivity contribution in [1.82, 2.24) is 15.1 Å². The van der Waals surface area contributed by atoms with Gasteiger partial charge in [0.1, 0.15) is 5.69 Å². The number of amides is 1. The highest BCUT2D eigenvalue weighted by Crippen LogP contribution is 2.04. The molecule has 1 aromatic heterocycles. The first kappa shape index (κ1) is 15.9. The number of rotatable bonds is 6. The molecular weight excluding hydrogens is 278 g/mol. The summed E-state index contributed by atoms with van der Waals surface area (Å²) in [6.45, 7) is 5.05. The highest BCUT2D eigenvalue weighted by molar-refractivity contribution is 5.91. The van der Waals surface area contributed by atoms with E-state index in [2.05, 4.69) is 17.3 Å². The Morgan fingerprint density at radius 3 is 2.59 bits per heavy atom. The molecule has 1 heterocycles. The quantitative estimate of drug-likeness (QED) is 0.831. The number of carbonyl (C=O) groups excluding carboxylic acids is 1. The first-order valence-electron chi connectivity index (χ1n) is 7.52. The number of nitrogens with one attached hydrogen (secondary N) is 1. The lowest BCUT2D eigenvalue weighted by Gasteiger charge is -2.08. The summed E-state index contributed by atoms with van der Waals surface area (Å²) in [6.07, 6.45) is 1.94. The number of unbranched alkanes of at least 4 members (excludes halogenated alkanes) is 1. The predicted molar refractivity (Wildman–Crippen MR) is 86.0 cm³/mol. The van der Waals surface area contributed by atoms with Gasteiger partial charge in [-0.3, -0.25) is 9.59 Å². The summed E-state index contributed by atoms with van der Waals surface area (Å²) in [7, 11) is 0. The van der Waals surface area contributed by atoms with Crippen LogP contribution in [0.1, 0.15) is 41.4 Å². The van der Waals surface area contributed by atoms with E-state index in [9.17, 15) is 9.59 Å². The van der Waals surface area contributed by atoms with E-state index in [1.54, 1.807) is 0 Å². The van der Waals surface area contributed by atoms with E-state index in [0.29, 0.717) is 13.1 Å². The first-order chi connectivity index (χ1) is 10.6. The predicted octanol–water partition coefficient (Wildman–Crippen LogP) is 2.13. The zero-order valence-corrected chi connectivity index (χ0v) is 13.0. The molecule has 5 nitrogen and oxygen atoms in total. The molecule has 0 unspecified atom stereocenters. The summed E-state index contributed by atoms with van der Waals surface area (Å²) < 4.78 is 1.32. The van der Waals surface area contributed by atoms with Crippen LogP contribution in [0.5, 0.6) is 0 Å². The molecule has 22 heavy (non-hydrogen) atoms. The van der Waals surface area contributed by atoms with Crippen LogP contribution in [0.25, 0.3) is 0 Å². The normalized spacial score (nSPS) is 10.5. The smallest absolute Gasteiger partial charge is 0.271 e. The number of nitrogens with zero attached hydrogens (tertiary/aromatic N) is 2. The minimum atomic E-state index is -0.244. The fourth-order valence-corrected chi connectivity index (χ4v) is 2.02. The Bertz CT molecular complexity index is 690. The Morgan fingerprint density at radius 1 is 1.18 bits per heavy atom. The average Bonchev–Trinajstić information content (AvgIpc) is 2.52.